The van der Waals surface area contributed by atoms with Gasteiger partial charge in [0.15, 0.2) is 0 Å². The van der Waals surface area contributed by atoms with Crippen LogP contribution in [-0.4, -0.2) is 25.0 Å². The molecule has 0 heterocycles. The fraction of sp³-hybridized carbons (Fsp3) is 0.263. The maximum Gasteiger partial charge on any atom is 0.222 e. The normalized spacial score (nSPS) is 10.1. The van der Waals surface area contributed by atoms with Gasteiger partial charge >= 0.3 is 0 Å². The molecule has 2 rings (SSSR count). The number of hydrogen-bond donors (Lipinski definition) is 0. The highest BCUT2D eigenvalue weighted by Crippen LogP contribution is 2.26. The standard InChI is InChI=1S/C19H19BrN2O2/c1-22(13-16-5-3-15(12-21)4-6-16)19(23)10-8-14-7-9-18(24-2)17(20)11-14/h3-7,9,11H,8,10,13H2,1-2H3. The topological polar surface area (TPSA) is 53.3 Å². The van der Waals surface area contributed by atoms with E-state index in [0.29, 0.717) is 24.9 Å². The lowest BCUT2D eigenvalue weighted by Gasteiger charge is -2.17. The average Bonchev–Trinajstić information content (AvgIpc) is 2.60. The van der Waals surface area contributed by atoms with E-state index in [1.54, 1.807) is 31.2 Å². The molecule has 2 aromatic rings. The zero-order chi connectivity index (χ0) is 17.5. The van der Waals surface area contributed by atoms with Gasteiger partial charge in [0.2, 0.25) is 5.91 Å². The zero-order valence-corrected chi connectivity index (χ0v) is 15.3. The van der Waals surface area contributed by atoms with Gasteiger partial charge in [-0.05, 0) is 57.7 Å². The van der Waals surface area contributed by atoms with Crippen molar-refractivity contribution in [2.75, 3.05) is 14.2 Å². The number of nitrogens with zero attached hydrogens (tertiary/aromatic N) is 2. The second kappa shape index (κ2) is 8.51. The van der Waals surface area contributed by atoms with Crippen molar-refractivity contribution in [3.05, 3.63) is 63.6 Å². The van der Waals surface area contributed by atoms with Crippen molar-refractivity contribution in [2.45, 2.75) is 19.4 Å². The SMILES string of the molecule is COc1ccc(CCC(=O)N(C)Cc2ccc(C#N)cc2)cc1Br. The van der Waals surface area contributed by atoms with E-state index in [4.69, 9.17) is 10.00 Å². The van der Waals surface area contributed by atoms with Crippen LogP contribution in [0, 0.1) is 11.3 Å². The minimum atomic E-state index is 0.0892. The molecule has 4 nitrogen and oxygen atoms in total. The highest BCUT2D eigenvalue weighted by molar-refractivity contribution is 9.10. The molecule has 0 bridgehead atoms. The number of rotatable bonds is 6. The number of carbonyl (C=O) groups is 1. The number of ether oxygens (including phenoxy) is 1. The Morgan fingerprint density at radius 3 is 2.46 bits per heavy atom. The van der Waals surface area contributed by atoms with E-state index >= 15 is 0 Å². The lowest BCUT2D eigenvalue weighted by atomic mass is 10.1. The van der Waals surface area contributed by atoms with Crippen molar-refractivity contribution in [3.8, 4) is 11.8 Å². The monoisotopic (exact) mass is 386 g/mol. The third-order valence-electron chi connectivity index (χ3n) is 3.77. The maximum atomic E-state index is 12.3. The molecular weight excluding hydrogens is 368 g/mol. The van der Waals surface area contributed by atoms with E-state index in [0.717, 1.165) is 21.3 Å². The Balaban J connectivity index is 1.89. The molecule has 0 unspecified atom stereocenters. The Bertz CT molecular complexity index is 751. The molecule has 0 aliphatic carbocycles. The minimum Gasteiger partial charge on any atom is -0.496 e. The Labute approximate surface area is 150 Å². The lowest BCUT2D eigenvalue weighted by molar-refractivity contribution is -0.130. The molecule has 2 aromatic carbocycles. The molecule has 0 saturated carbocycles. The molecule has 0 atom stereocenters. The Hall–Kier alpha value is -2.32. The van der Waals surface area contributed by atoms with Crippen LogP contribution in [0.4, 0.5) is 0 Å². The van der Waals surface area contributed by atoms with Gasteiger partial charge in [-0.25, -0.2) is 0 Å². The molecule has 0 saturated heterocycles. The molecule has 1 amide bonds. The number of nitriles is 1. The van der Waals surface area contributed by atoms with Crippen LogP contribution in [0.25, 0.3) is 0 Å². The first-order valence-electron chi connectivity index (χ1n) is 7.59. The first-order chi connectivity index (χ1) is 11.5. The van der Waals surface area contributed by atoms with E-state index in [1.807, 2.05) is 30.3 Å². The maximum absolute atomic E-state index is 12.3. The van der Waals surface area contributed by atoms with E-state index in [-0.39, 0.29) is 5.91 Å². The number of hydrogen-bond acceptors (Lipinski definition) is 3. The molecule has 5 heteroatoms. The molecule has 0 N–H and O–H groups in total. The van der Waals surface area contributed by atoms with Crippen LogP contribution in [0.2, 0.25) is 0 Å². The number of aryl methyl sites for hydroxylation is 1. The number of methoxy groups -OCH3 is 1. The summed E-state index contributed by atoms with van der Waals surface area (Å²) in [6.07, 6.45) is 1.13. The molecule has 0 fully saturated rings. The van der Waals surface area contributed by atoms with Crippen molar-refractivity contribution >= 4 is 21.8 Å². The van der Waals surface area contributed by atoms with E-state index in [9.17, 15) is 4.79 Å². The Morgan fingerprint density at radius 2 is 1.88 bits per heavy atom. The van der Waals surface area contributed by atoms with Crippen LogP contribution in [0.1, 0.15) is 23.1 Å². The third-order valence-corrected chi connectivity index (χ3v) is 4.39. The highest BCUT2D eigenvalue weighted by Gasteiger charge is 2.10. The number of benzene rings is 2. The molecule has 0 spiro atoms. The summed E-state index contributed by atoms with van der Waals surface area (Å²) < 4.78 is 6.09. The second-order valence-electron chi connectivity index (χ2n) is 5.53. The first kappa shape index (κ1) is 18.0. The molecule has 24 heavy (non-hydrogen) atoms. The number of carbonyl (C=O) groups excluding carboxylic acids is 1. The van der Waals surface area contributed by atoms with Gasteiger partial charge in [0.1, 0.15) is 5.75 Å². The van der Waals surface area contributed by atoms with Gasteiger partial charge in [0.25, 0.3) is 0 Å². The Morgan fingerprint density at radius 1 is 1.21 bits per heavy atom. The van der Waals surface area contributed by atoms with Gasteiger partial charge in [-0.2, -0.15) is 5.26 Å². The summed E-state index contributed by atoms with van der Waals surface area (Å²) in [5, 5.41) is 8.80. The van der Waals surface area contributed by atoms with Gasteiger partial charge in [-0.3, -0.25) is 4.79 Å². The van der Waals surface area contributed by atoms with Crippen LogP contribution in [-0.2, 0) is 17.8 Å². The third kappa shape index (κ3) is 4.84. The Kier molecular flexibility index (Phi) is 6.39. The fourth-order valence-electron chi connectivity index (χ4n) is 2.35. The number of halogens is 1. The molecule has 124 valence electrons. The molecule has 0 radical (unpaired) electrons. The van der Waals surface area contributed by atoms with Crippen molar-refractivity contribution in [2.24, 2.45) is 0 Å². The minimum absolute atomic E-state index is 0.0892. The quantitative estimate of drug-likeness (QED) is 0.755. The lowest BCUT2D eigenvalue weighted by Crippen LogP contribution is -2.26. The molecule has 0 aromatic heterocycles. The predicted molar refractivity (Wildman–Crippen MR) is 96.6 cm³/mol. The van der Waals surface area contributed by atoms with Gasteiger partial charge in [-0.15, -0.1) is 0 Å². The van der Waals surface area contributed by atoms with Crippen LogP contribution < -0.4 is 4.74 Å². The molecule has 0 aliphatic heterocycles. The van der Waals surface area contributed by atoms with E-state index in [1.165, 1.54) is 0 Å². The van der Waals surface area contributed by atoms with Crippen molar-refractivity contribution in [1.82, 2.24) is 4.90 Å². The van der Waals surface area contributed by atoms with Gasteiger partial charge in [-0.1, -0.05) is 18.2 Å². The van der Waals surface area contributed by atoms with Gasteiger partial charge in [0, 0.05) is 20.0 Å². The summed E-state index contributed by atoms with van der Waals surface area (Å²) >= 11 is 3.46. The van der Waals surface area contributed by atoms with Crippen molar-refractivity contribution in [1.29, 1.82) is 5.26 Å². The van der Waals surface area contributed by atoms with Crippen LogP contribution >= 0.6 is 15.9 Å². The summed E-state index contributed by atoms with van der Waals surface area (Å²) in [6.45, 7) is 0.539. The van der Waals surface area contributed by atoms with Crippen molar-refractivity contribution < 1.29 is 9.53 Å². The zero-order valence-electron chi connectivity index (χ0n) is 13.8. The smallest absolute Gasteiger partial charge is 0.222 e. The highest BCUT2D eigenvalue weighted by atomic mass is 79.9. The first-order valence-corrected chi connectivity index (χ1v) is 8.38. The number of amides is 1. The van der Waals surface area contributed by atoms with E-state index < -0.39 is 0 Å². The largest absolute Gasteiger partial charge is 0.496 e. The predicted octanol–water partition coefficient (Wildman–Crippen LogP) is 3.92. The molecular formula is C19H19BrN2O2. The van der Waals surface area contributed by atoms with Gasteiger partial charge < -0.3 is 9.64 Å². The summed E-state index contributed by atoms with van der Waals surface area (Å²) in [6, 6.07) is 15.2. The summed E-state index contributed by atoms with van der Waals surface area (Å²) in [7, 11) is 3.42. The van der Waals surface area contributed by atoms with Crippen LogP contribution in [0.3, 0.4) is 0 Å². The second-order valence-corrected chi connectivity index (χ2v) is 6.38. The average molecular weight is 387 g/mol. The van der Waals surface area contributed by atoms with Gasteiger partial charge in [0.05, 0.1) is 23.2 Å². The van der Waals surface area contributed by atoms with E-state index in [2.05, 4.69) is 22.0 Å². The van der Waals surface area contributed by atoms with Crippen LogP contribution in [0.15, 0.2) is 46.9 Å². The summed E-state index contributed by atoms with van der Waals surface area (Å²) in [5.41, 5.74) is 2.72. The fourth-order valence-corrected chi connectivity index (χ4v) is 2.94. The van der Waals surface area contributed by atoms with Crippen LogP contribution in [0.5, 0.6) is 5.75 Å². The summed E-state index contributed by atoms with van der Waals surface area (Å²) in [4.78, 5) is 14.0. The van der Waals surface area contributed by atoms with Crippen molar-refractivity contribution in [3.63, 3.8) is 0 Å². The summed E-state index contributed by atoms with van der Waals surface area (Å²) in [5.74, 6) is 0.870. The molecule has 0 aliphatic rings.